The average molecular weight is 406 g/mol. The molecular formula is C23H18O5S. The third-order valence-corrected chi connectivity index (χ3v) is 6.12. The Kier molecular flexibility index (Phi) is 4.80. The molecule has 0 bridgehead atoms. The highest BCUT2D eigenvalue weighted by molar-refractivity contribution is 7.90. The minimum atomic E-state index is -3.59. The van der Waals surface area contributed by atoms with E-state index in [2.05, 4.69) is 6.07 Å². The van der Waals surface area contributed by atoms with Gasteiger partial charge in [0.25, 0.3) is 0 Å². The van der Waals surface area contributed by atoms with Gasteiger partial charge in [-0.1, -0.05) is 48.5 Å². The third-order valence-electron chi connectivity index (χ3n) is 4.96. The lowest BCUT2D eigenvalue weighted by Gasteiger charge is -2.09. The van der Waals surface area contributed by atoms with Crippen molar-refractivity contribution < 1.29 is 22.7 Å². The number of carbonyl (C=O) groups excluding carboxylic acids is 2. The summed E-state index contributed by atoms with van der Waals surface area (Å²) < 4.78 is 28.8. The maximum atomic E-state index is 12.6. The van der Waals surface area contributed by atoms with Crippen molar-refractivity contribution in [2.75, 3.05) is 12.9 Å². The molecule has 29 heavy (non-hydrogen) atoms. The summed E-state index contributed by atoms with van der Waals surface area (Å²) >= 11 is 0. The molecule has 0 amide bonds. The molecule has 1 aliphatic carbocycles. The van der Waals surface area contributed by atoms with Gasteiger partial charge in [-0.3, -0.25) is 4.79 Å². The summed E-state index contributed by atoms with van der Waals surface area (Å²) in [6, 6.07) is 19.3. The zero-order chi connectivity index (χ0) is 20.6. The van der Waals surface area contributed by atoms with Crippen molar-refractivity contribution in [2.24, 2.45) is 0 Å². The molecule has 0 saturated carbocycles. The molecule has 0 heterocycles. The van der Waals surface area contributed by atoms with Crippen LogP contribution in [0.15, 0.2) is 71.6 Å². The predicted octanol–water partition coefficient (Wildman–Crippen LogP) is 3.70. The third kappa shape index (κ3) is 3.71. The van der Waals surface area contributed by atoms with E-state index in [0.29, 0.717) is 5.56 Å². The van der Waals surface area contributed by atoms with Crippen molar-refractivity contribution in [3.63, 3.8) is 0 Å². The summed E-state index contributed by atoms with van der Waals surface area (Å²) in [5.74, 6) is -1.19. The van der Waals surface area contributed by atoms with Gasteiger partial charge in [0, 0.05) is 11.8 Å². The fraction of sp³-hybridized carbons (Fsp3) is 0.130. The fourth-order valence-electron chi connectivity index (χ4n) is 3.55. The topological polar surface area (TPSA) is 77.5 Å². The predicted molar refractivity (Wildman–Crippen MR) is 109 cm³/mol. The van der Waals surface area contributed by atoms with E-state index in [1.165, 1.54) is 23.8 Å². The zero-order valence-corrected chi connectivity index (χ0v) is 16.5. The molecule has 0 aliphatic heterocycles. The van der Waals surface area contributed by atoms with Crippen molar-refractivity contribution in [3.8, 4) is 11.1 Å². The standard InChI is InChI=1S/C23H18O5S/c1-29(26,27)22-9-5-4-8-19(22)23(25)28-14-21(24)17-11-10-16-12-15-6-2-3-7-18(15)20(16)13-17/h2-11,13H,12,14H2,1H3. The lowest BCUT2D eigenvalue weighted by atomic mass is 10.0. The van der Waals surface area contributed by atoms with Gasteiger partial charge in [-0.05, 0) is 46.9 Å². The monoisotopic (exact) mass is 406 g/mol. The first-order valence-electron chi connectivity index (χ1n) is 9.05. The van der Waals surface area contributed by atoms with Crippen LogP contribution >= 0.6 is 0 Å². The van der Waals surface area contributed by atoms with Gasteiger partial charge in [0.1, 0.15) is 0 Å². The molecule has 1 aliphatic rings. The Balaban J connectivity index is 1.52. The van der Waals surface area contributed by atoms with Crippen LogP contribution in [0.1, 0.15) is 31.8 Å². The van der Waals surface area contributed by atoms with Gasteiger partial charge >= 0.3 is 5.97 Å². The Hall–Kier alpha value is -3.25. The number of hydrogen-bond acceptors (Lipinski definition) is 5. The van der Waals surface area contributed by atoms with Crippen LogP contribution in [0.25, 0.3) is 11.1 Å². The largest absolute Gasteiger partial charge is 0.454 e. The smallest absolute Gasteiger partial charge is 0.339 e. The van der Waals surface area contributed by atoms with Crippen LogP contribution in [0.4, 0.5) is 0 Å². The first-order chi connectivity index (χ1) is 13.8. The minimum Gasteiger partial charge on any atom is -0.454 e. The molecule has 0 fully saturated rings. The first-order valence-corrected chi connectivity index (χ1v) is 10.9. The molecule has 0 atom stereocenters. The van der Waals surface area contributed by atoms with Gasteiger partial charge in [0.2, 0.25) is 0 Å². The molecule has 3 aromatic rings. The fourth-order valence-corrected chi connectivity index (χ4v) is 4.42. The van der Waals surface area contributed by atoms with E-state index in [9.17, 15) is 18.0 Å². The van der Waals surface area contributed by atoms with E-state index in [1.807, 2.05) is 30.3 Å². The zero-order valence-electron chi connectivity index (χ0n) is 15.7. The highest BCUT2D eigenvalue weighted by Crippen LogP contribution is 2.36. The number of benzene rings is 3. The van der Waals surface area contributed by atoms with Crippen molar-refractivity contribution in [1.82, 2.24) is 0 Å². The van der Waals surface area contributed by atoms with Crippen LogP contribution in [0.2, 0.25) is 0 Å². The van der Waals surface area contributed by atoms with Crippen LogP contribution in [0.5, 0.6) is 0 Å². The van der Waals surface area contributed by atoms with E-state index in [-0.39, 0.29) is 16.2 Å². The minimum absolute atomic E-state index is 0.0781. The SMILES string of the molecule is CS(=O)(=O)c1ccccc1C(=O)OCC(=O)c1ccc2c(c1)-c1ccccc1C2. The number of ether oxygens (including phenoxy) is 1. The Labute approximate surface area is 168 Å². The second-order valence-electron chi connectivity index (χ2n) is 6.97. The Morgan fingerprint density at radius 1 is 0.897 bits per heavy atom. The van der Waals surface area contributed by atoms with Gasteiger partial charge in [0.15, 0.2) is 22.2 Å². The number of rotatable bonds is 5. The van der Waals surface area contributed by atoms with E-state index in [1.54, 1.807) is 12.1 Å². The average Bonchev–Trinajstić information content (AvgIpc) is 3.09. The molecule has 146 valence electrons. The number of carbonyl (C=O) groups is 2. The van der Waals surface area contributed by atoms with E-state index in [0.717, 1.165) is 29.4 Å². The molecule has 0 radical (unpaired) electrons. The van der Waals surface area contributed by atoms with Crippen molar-refractivity contribution in [1.29, 1.82) is 0 Å². The maximum Gasteiger partial charge on any atom is 0.339 e. The van der Waals surface area contributed by atoms with Crippen LogP contribution in [-0.4, -0.2) is 33.0 Å². The Morgan fingerprint density at radius 2 is 1.59 bits per heavy atom. The van der Waals surface area contributed by atoms with Crippen molar-refractivity contribution in [3.05, 3.63) is 89.0 Å². The summed E-state index contributed by atoms with van der Waals surface area (Å²) in [7, 11) is -3.59. The second-order valence-corrected chi connectivity index (χ2v) is 8.96. The van der Waals surface area contributed by atoms with Gasteiger partial charge in [0.05, 0.1) is 10.5 Å². The van der Waals surface area contributed by atoms with Crippen LogP contribution in [0.3, 0.4) is 0 Å². The number of hydrogen-bond donors (Lipinski definition) is 0. The summed E-state index contributed by atoms with van der Waals surface area (Å²) in [6.07, 6.45) is 1.85. The van der Waals surface area contributed by atoms with Crippen molar-refractivity contribution in [2.45, 2.75) is 11.3 Å². The van der Waals surface area contributed by atoms with Crippen LogP contribution < -0.4 is 0 Å². The van der Waals surface area contributed by atoms with E-state index in [4.69, 9.17) is 4.74 Å². The number of Topliss-reactive ketones (excluding diaryl/α,β-unsaturated/α-hetero) is 1. The van der Waals surface area contributed by atoms with Gasteiger partial charge in [-0.15, -0.1) is 0 Å². The molecule has 0 aromatic heterocycles. The summed E-state index contributed by atoms with van der Waals surface area (Å²) in [5.41, 5.74) is 4.87. The summed E-state index contributed by atoms with van der Waals surface area (Å²) in [4.78, 5) is 24.8. The second kappa shape index (κ2) is 7.29. The van der Waals surface area contributed by atoms with Gasteiger partial charge in [-0.2, -0.15) is 0 Å². The molecule has 0 saturated heterocycles. The normalized spacial score (nSPS) is 12.2. The molecule has 3 aromatic carbocycles. The quantitative estimate of drug-likeness (QED) is 0.373. The summed E-state index contributed by atoms with van der Waals surface area (Å²) in [6.45, 7) is -0.461. The molecule has 0 N–H and O–H groups in total. The lowest BCUT2D eigenvalue weighted by Crippen LogP contribution is -2.16. The number of sulfone groups is 1. The molecule has 0 unspecified atom stereocenters. The molecule has 0 spiro atoms. The molecular weight excluding hydrogens is 388 g/mol. The number of esters is 1. The van der Waals surface area contributed by atoms with E-state index < -0.39 is 22.4 Å². The molecule has 5 nitrogen and oxygen atoms in total. The van der Waals surface area contributed by atoms with Gasteiger partial charge < -0.3 is 4.74 Å². The van der Waals surface area contributed by atoms with E-state index >= 15 is 0 Å². The highest BCUT2D eigenvalue weighted by Gasteiger charge is 2.22. The van der Waals surface area contributed by atoms with Crippen LogP contribution in [-0.2, 0) is 21.0 Å². The Bertz CT molecular complexity index is 1240. The maximum absolute atomic E-state index is 12.6. The highest BCUT2D eigenvalue weighted by atomic mass is 32.2. The number of ketones is 1. The summed E-state index contributed by atoms with van der Waals surface area (Å²) in [5, 5.41) is 0. The Morgan fingerprint density at radius 3 is 2.38 bits per heavy atom. The lowest BCUT2D eigenvalue weighted by molar-refractivity contribution is 0.0471. The number of fused-ring (bicyclic) bond motifs is 3. The van der Waals surface area contributed by atoms with Gasteiger partial charge in [-0.25, -0.2) is 13.2 Å². The molecule has 6 heteroatoms. The van der Waals surface area contributed by atoms with Crippen molar-refractivity contribution >= 4 is 21.6 Å². The van der Waals surface area contributed by atoms with Crippen LogP contribution in [0, 0.1) is 0 Å². The first kappa shape index (κ1) is 19.1. The molecule has 4 rings (SSSR count).